The molecule has 2 nitrogen and oxygen atoms in total. The molecule has 0 unspecified atom stereocenters. The molecule has 1 radical (unpaired) electrons. The molecule has 0 heterocycles. The van der Waals surface area contributed by atoms with Gasteiger partial charge in [-0.05, 0) is 19.1 Å². The van der Waals surface area contributed by atoms with Gasteiger partial charge in [0, 0.05) is 34.5 Å². The van der Waals surface area contributed by atoms with E-state index in [1.165, 1.54) is 12.1 Å². The van der Waals surface area contributed by atoms with Gasteiger partial charge in [-0.25, -0.2) is 8.42 Å². The molecule has 0 aromatic heterocycles. The van der Waals surface area contributed by atoms with Crippen LogP contribution in [0.5, 0.6) is 0 Å². The zero-order valence-corrected chi connectivity index (χ0v) is 13.0. The normalized spacial score (nSPS) is 9.69. The third-order valence-electron chi connectivity index (χ3n) is 1.31. The Balaban J connectivity index is 0. The number of benzene rings is 1. The van der Waals surface area contributed by atoms with Gasteiger partial charge in [0.05, 0.1) is 8.87 Å². The van der Waals surface area contributed by atoms with Crippen molar-refractivity contribution in [2.45, 2.75) is 11.8 Å². The van der Waals surface area contributed by atoms with Gasteiger partial charge < -0.3 is 11.7 Å². The van der Waals surface area contributed by atoms with Crippen molar-refractivity contribution in [1.29, 1.82) is 0 Å². The second-order valence-corrected chi connectivity index (χ2v) is 4.96. The Morgan fingerprint density at radius 1 is 1.15 bits per heavy atom. The van der Waals surface area contributed by atoms with Crippen molar-refractivity contribution in [2.75, 3.05) is 0 Å². The molecule has 13 heavy (non-hydrogen) atoms. The molecule has 0 saturated carbocycles. The SMILES string of the molecule is Cc1ccc(S(=O)(=O)[S-])cc1.[Au+].[Na]. The summed E-state index contributed by atoms with van der Waals surface area (Å²) in [5, 5.41) is 0. The number of aryl methyl sites for hydroxylation is 1. The van der Waals surface area contributed by atoms with E-state index < -0.39 is 8.87 Å². The van der Waals surface area contributed by atoms with Crippen LogP contribution < -0.4 is 0 Å². The van der Waals surface area contributed by atoms with Crippen molar-refractivity contribution in [3.63, 3.8) is 0 Å². The van der Waals surface area contributed by atoms with Crippen molar-refractivity contribution < 1.29 is 30.8 Å². The van der Waals surface area contributed by atoms with E-state index in [0.29, 0.717) is 0 Å². The Hall–Kier alpha value is 1.26. The first-order valence-corrected chi connectivity index (χ1v) is 5.43. The summed E-state index contributed by atoms with van der Waals surface area (Å²) < 4.78 is 21.5. The monoisotopic (exact) mass is 407 g/mol. The molecule has 0 atom stereocenters. The minimum absolute atomic E-state index is 0. The fourth-order valence-corrected chi connectivity index (χ4v) is 1.51. The van der Waals surface area contributed by atoms with Crippen LogP contribution in [0.15, 0.2) is 29.2 Å². The van der Waals surface area contributed by atoms with Gasteiger partial charge in [-0.15, -0.1) is 0 Å². The zero-order valence-electron chi connectivity index (χ0n) is 7.24. The summed E-state index contributed by atoms with van der Waals surface area (Å²) in [5.74, 6) is 0. The van der Waals surface area contributed by atoms with E-state index >= 15 is 0 Å². The summed E-state index contributed by atoms with van der Waals surface area (Å²) in [6.07, 6.45) is 0. The average Bonchev–Trinajstić information content (AvgIpc) is 1.86. The molecule has 6 heteroatoms. The molecule has 0 spiro atoms. The maximum Gasteiger partial charge on any atom is 1.00 e. The van der Waals surface area contributed by atoms with Gasteiger partial charge in [0.15, 0.2) is 0 Å². The summed E-state index contributed by atoms with van der Waals surface area (Å²) >= 11 is 4.27. The van der Waals surface area contributed by atoms with E-state index in [4.69, 9.17) is 0 Å². The summed E-state index contributed by atoms with van der Waals surface area (Å²) in [5.41, 5.74) is 1.02. The molecule has 0 aliphatic rings. The van der Waals surface area contributed by atoms with Gasteiger partial charge in [0.2, 0.25) is 0 Å². The molecule has 0 bridgehead atoms. The second kappa shape index (κ2) is 6.69. The van der Waals surface area contributed by atoms with Crippen LogP contribution in [-0.2, 0) is 42.9 Å². The molecule has 0 N–H and O–H groups in total. The Kier molecular flexibility index (Phi) is 8.59. The zero-order chi connectivity index (χ0) is 8.48. The minimum atomic E-state index is -3.44. The quantitative estimate of drug-likeness (QED) is 0.394. The Labute approximate surface area is 121 Å². The Morgan fingerprint density at radius 2 is 1.54 bits per heavy atom. The van der Waals surface area contributed by atoms with Crippen LogP contribution in [0.1, 0.15) is 5.56 Å². The summed E-state index contributed by atoms with van der Waals surface area (Å²) in [7, 11) is -3.44. The minimum Gasteiger partial charge on any atom is -0.644 e. The van der Waals surface area contributed by atoms with Crippen LogP contribution >= 0.6 is 0 Å². The first kappa shape index (κ1) is 16.7. The van der Waals surface area contributed by atoms with Gasteiger partial charge >= 0.3 is 22.4 Å². The molecule has 0 amide bonds. The standard InChI is InChI=1S/C7H8O2S2.Au.Na/c1-6-2-4-7(5-3-6)11(8,9)10;;/h2-5H,1H3,(H,8,9,10);;/q;+1;/p-1. The molecule has 0 saturated heterocycles. The van der Waals surface area contributed by atoms with Crippen molar-refractivity contribution >= 4 is 50.1 Å². The maximum absolute atomic E-state index is 10.8. The van der Waals surface area contributed by atoms with Crippen LogP contribution in [-0.4, -0.2) is 38.0 Å². The van der Waals surface area contributed by atoms with Gasteiger partial charge in [0.25, 0.3) is 0 Å². The molecule has 1 aromatic carbocycles. The van der Waals surface area contributed by atoms with E-state index in [2.05, 4.69) is 11.7 Å². The van der Waals surface area contributed by atoms with Crippen LogP contribution in [0.25, 0.3) is 0 Å². The second-order valence-electron chi connectivity index (χ2n) is 2.27. The molecule has 1 aromatic rings. The molecule has 0 fully saturated rings. The average molecular weight is 407 g/mol. The van der Waals surface area contributed by atoms with Crippen molar-refractivity contribution in [3.8, 4) is 0 Å². The molecule has 0 aliphatic heterocycles. The van der Waals surface area contributed by atoms with Crippen molar-refractivity contribution in [1.82, 2.24) is 0 Å². The third kappa shape index (κ3) is 5.64. The predicted molar refractivity (Wildman–Crippen MR) is 51.5 cm³/mol. The van der Waals surface area contributed by atoms with Crippen LogP contribution in [0.2, 0.25) is 0 Å². The van der Waals surface area contributed by atoms with Crippen LogP contribution in [0.3, 0.4) is 0 Å². The molecule has 0 aliphatic carbocycles. The van der Waals surface area contributed by atoms with E-state index in [9.17, 15) is 8.42 Å². The third-order valence-corrected chi connectivity index (χ3v) is 2.74. The van der Waals surface area contributed by atoms with E-state index in [0.717, 1.165) is 5.56 Å². The van der Waals surface area contributed by atoms with Gasteiger partial charge in [-0.2, -0.15) is 0 Å². The van der Waals surface area contributed by atoms with E-state index in [1.807, 2.05) is 6.92 Å². The number of hydrogen-bond acceptors (Lipinski definition) is 3. The van der Waals surface area contributed by atoms with Gasteiger partial charge in [0.1, 0.15) is 0 Å². The largest absolute Gasteiger partial charge is 1.00 e. The fraction of sp³-hybridized carbons (Fsp3) is 0.143. The van der Waals surface area contributed by atoms with Gasteiger partial charge in [-0.3, -0.25) is 0 Å². The molecular weight excluding hydrogens is 400 g/mol. The first-order valence-electron chi connectivity index (χ1n) is 3.03. The molecule has 1 rings (SSSR count). The maximum atomic E-state index is 10.8. The molecule has 71 valence electrons. The van der Waals surface area contributed by atoms with E-state index in [-0.39, 0.29) is 56.8 Å². The number of rotatable bonds is 1. The topological polar surface area (TPSA) is 34.1 Å². The Morgan fingerprint density at radius 3 is 1.85 bits per heavy atom. The van der Waals surface area contributed by atoms with Gasteiger partial charge in [-0.1, -0.05) is 17.7 Å². The molecular formula is C7H7AuNaO2S2. The fourth-order valence-electron chi connectivity index (χ4n) is 0.705. The van der Waals surface area contributed by atoms with E-state index in [1.54, 1.807) is 12.1 Å². The predicted octanol–water partition coefficient (Wildman–Crippen LogP) is 0.847. The van der Waals surface area contributed by atoms with Crippen molar-refractivity contribution in [3.05, 3.63) is 29.8 Å². The summed E-state index contributed by atoms with van der Waals surface area (Å²) in [6, 6.07) is 6.47. The summed E-state index contributed by atoms with van der Waals surface area (Å²) in [4.78, 5) is 0.193. The Bertz CT molecular complexity index is 347. The van der Waals surface area contributed by atoms with Crippen molar-refractivity contribution in [2.24, 2.45) is 0 Å². The first-order chi connectivity index (χ1) is 5.00. The van der Waals surface area contributed by atoms with Crippen LogP contribution in [0.4, 0.5) is 0 Å². The smallest absolute Gasteiger partial charge is 0.644 e. The summed E-state index contributed by atoms with van der Waals surface area (Å²) in [6.45, 7) is 1.89. The van der Waals surface area contributed by atoms with Crippen LogP contribution in [0, 0.1) is 6.92 Å². The number of hydrogen-bond donors (Lipinski definition) is 0.